The molecule has 1 nitrogen and oxygen atoms in total. The van der Waals surface area contributed by atoms with Gasteiger partial charge in [-0.3, -0.25) is 4.79 Å². The van der Waals surface area contributed by atoms with Crippen LogP contribution >= 0.6 is 11.3 Å². The highest BCUT2D eigenvalue weighted by Crippen LogP contribution is 2.15. The molecule has 0 amide bonds. The van der Waals surface area contributed by atoms with Crippen molar-refractivity contribution in [2.75, 3.05) is 0 Å². The van der Waals surface area contributed by atoms with Gasteiger partial charge < -0.3 is 0 Å². The molecule has 1 rings (SSSR count). The van der Waals surface area contributed by atoms with Crippen molar-refractivity contribution >= 4 is 17.1 Å². The van der Waals surface area contributed by atoms with E-state index < -0.39 is 0 Å². The molecule has 0 aromatic carbocycles. The normalized spacial score (nSPS) is 12.2. The molecule has 1 heterocycles. The second-order valence-electron chi connectivity index (χ2n) is 4.08. The van der Waals surface area contributed by atoms with Gasteiger partial charge >= 0.3 is 0 Å². The van der Waals surface area contributed by atoms with E-state index in [0.29, 0.717) is 0 Å². The first-order chi connectivity index (χ1) is 5.99. The smallest absolute Gasteiger partial charge is 0.186 e. The number of carbonyl (C=O) groups is 1. The summed E-state index contributed by atoms with van der Waals surface area (Å²) in [4.78, 5) is 11.5. The number of allylic oxidation sites excluding steroid dienone is 2. The molecule has 0 radical (unpaired) electrons. The Morgan fingerprint density at radius 1 is 1.46 bits per heavy atom. The Balaban J connectivity index is 2.67. The summed E-state index contributed by atoms with van der Waals surface area (Å²) in [5.41, 5.74) is 0.858. The molecule has 1 aromatic heterocycles. The van der Waals surface area contributed by atoms with E-state index >= 15 is 0 Å². The molecule has 13 heavy (non-hydrogen) atoms. The third kappa shape index (κ3) is 3.55. The number of carbonyl (C=O) groups excluding carboxylic acids is 1. The third-order valence-corrected chi connectivity index (χ3v) is 2.22. The molecule has 0 atom stereocenters. The Morgan fingerprint density at radius 3 is 2.62 bits per heavy atom. The monoisotopic (exact) mass is 194 g/mol. The van der Waals surface area contributed by atoms with Crippen molar-refractivity contribution in [3.63, 3.8) is 0 Å². The van der Waals surface area contributed by atoms with Gasteiger partial charge in [-0.05, 0) is 22.9 Å². The van der Waals surface area contributed by atoms with Crippen LogP contribution in [0.4, 0.5) is 0 Å². The molecular weight excluding hydrogens is 180 g/mol. The standard InChI is InChI=1S/C11H14OS/c1-11(2,3)6-4-10(12)9-5-7-13-8-9/h4-8H,1-3H3/b6-4+. The maximum absolute atomic E-state index is 11.5. The van der Waals surface area contributed by atoms with E-state index in [1.807, 2.05) is 22.9 Å². The Labute approximate surface area is 83.1 Å². The van der Waals surface area contributed by atoms with Crippen molar-refractivity contribution < 1.29 is 4.79 Å². The van der Waals surface area contributed by atoms with E-state index in [4.69, 9.17) is 0 Å². The van der Waals surface area contributed by atoms with E-state index in [1.165, 1.54) is 0 Å². The van der Waals surface area contributed by atoms with E-state index in [0.717, 1.165) is 5.56 Å². The highest BCUT2D eigenvalue weighted by atomic mass is 32.1. The number of rotatable bonds is 2. The minimum atomic E-state index is 0.0751. The van der Waals surface area contributed by atoms with Gasteiger partial charge in [0.15, 0.2) is 5.78 Å². The van der Waals surface area contributed by atoms with Crippen molar-refractivity contribution in [2.45, 2.75) is 20.8 Å². The molecule has 0 saturated heterocycles. The molecule has 0 unspecified atom stereocenters. The number of hydrogen-bond donors (Lipinski definition) is 0. The van der Waals surface area contributed by atoms with Crippen molar-refractivity contribution in [2.24, 2.45) is 5.41 Å². The van der Waals surface area contributed by atoms with Crippen LogP contribution in [-0.2, 0) is 0 Å². The average molecular weight is 194 g/mol. The Bertz CT molecular complexity index is 301. The zero-order valence-electron chi connectivity index (χ0n) is 8.20. The third-order valence-electron chi connectivity index (χ3n) is 1.54. The molecule has 1 aromatic rings. The van der Waals surface area contributed by atoms with Gasteiger partial charge in [0, 0.05) is 10.9 Å². The van der Waals surface area contributed by atoms with Crippen LogP contribution in [0.1, 0.15) is 31.1 Å². The lowest BCUT2D eigenvalue weighted by molar-refractivity contribution is 0.104. The van der Waals surface area contributed by atoms with Crippen molar-refractivity contribution in [3.05, 3.63) is 34.5 Å². The fourth-order valence-electron chi connectivity index (χ4n) is 0.827. The fourth-order valence-corrected chi connectivity index (χ4v) is 1.47. The quantitative estimate of drug-likeness (QED) is 0.520. The summed E-state index contributed by atoms with van der Waals surface area (Å²) in [5, 5.41) is 3.79. The van der Waals surface area contributed by atoms with Crippen LogP contribution < -0.4 is 0 Å². The average Bonchev–Trinajstić information content (AvgIpc) is 2.50. The largest absolute Gasteiger partial charge is 0.289 e. The molecule has 2 heteroatoms. The van der Waals surface area contributed by atoms with E-state index in [2.05, 4.69) is 20.8 Å². The lowest BCUT2D eigenvalue weighted by atomic mass is 9.95. The first kappa shape index (κ1) is 10.2. The van der Waals surface area contributed by atoms with Crippen LogP contribution in [-0.4, -0.2) is 5.78 Å². The number of ketones is 1. The van der Waals surface area contributed by atoms with Gasteiger partial charge in [0.05, 0.1) is 0 Å². The van der Waals surface area contributed by atoms with Crippen molar-refractivity contribution in [1.29, 1.82) is 0 Å². The summed E-state index contributed by atoms with van der Waals surface area (Å²) in [5.74, 6) is 0.0937. The zero-order valence-corrected chi connectivity index (χ0v) is 9.02. The molecule has 0 saturated carbocycles. The SMILES string of the molecule is CC(C)(C)/C=C/C(=O)c1ccsc1. The van der Waals surface area contributed by atoms with Crippen LogP contribution in [0, 0.1) is 5.41 Å². The minimum Gasteiger partial charge on any atom is -0.289 e. The molecule has 0 spiro atoms. The molecule has 0 N–H and O–H groups in total. The lowest BCUT2D eigenvalue weighted by Gasteiger charge is -2.10. The van der Waals surface area contributed by atoms with Gasteiger partial charge in [0.2, 0.25) is 0 Å². The maximum atomic E-state index is 11.5. The van der Waals surface area contributed by atoms with Gasteiger partial charge in [0.25, 0.3) is 0 Å². The number of thiophene rings is 1. The first-order valence-electron chi connectivity index (χ1n) is 4.25. The Kier molecular flexibility index (Phi) is 3.04. The van der Waals surface area contributed by atoms with Gasteiger partial charge in [-0.15, -0.1) is 0 Å². The van der Waals surface area contributed by atoms with Gasteiger partial charge in [-0.25, -0.2) is 0 Å². The van der Waals surface area contributed by atoms with Crippen molar-refractivity contribution in [1.82, 2.24) is 0 Å². The van der Waals surface area contributed by atoms with Crippen molar-refractivity contribution in [3.8, 4) is 0 Å². The van der Waals surface area contributed by atoms with Gasteiger partial charge in [-0.2, -0.15) is 11.3 Å². The van der Waals surface area contributed by atoms with E-state index in [9.17, 15) is 4.79 Å². The molecule has 70 valence electrons. The minimum absolute atomic E-state index is 0.0751. The zero-order chi connectivity index (χ0) is 9.90. The summed E-state index contributed by atoms with van der Waals surface area (Å²) in [6, 6.07) is 1.85. The second kappa shape index (κ2) is 3.88. The highest BCUT2D eigenvalue weighted by molar-refractivity contribution is 7.08. The van der Waals surface area contributed by atoms with E-state index in [-0.39, 0.29) is 11.2 Å². The number of hydrogen-bond acceptors (Lipinski definition) is 2. The summed E-state index contributed by atoms with van der Waals surface area (Å²) < 4.78 is 0. The Hall–Kier alpha value is -0.890. The second-order valence-corrected chi connectivity index (χ2v) is 4.86. The fraction of sp³-hybridized carbons (Fsp3) is 0.364. The van der Waals surface area contributed by atoms with Crippen LogP contribution in [0.5, 0.6) is 0 Å². The Morgan fingerprint density at radius 2 is 2.15 bits per heavy atom. The maximum Gasteiger partial charge on any atom is 0.186 e. The van der Waals surface area contributed by atoms with Crippen LogP contribution in [0.25, 0.3) is 0 Å². The molecule has 0 aliphatic heterocycles. The van der Waals surface area contributed by atoms with E-state index in [1.54, 1.807) is 17.4 Å². The van der Waals surface area contributed by atoms with Crippen LogP contribution in [0.15, 0.2) is 29.0 Å². The van der Waals surface area contributed by atoms with Crippen LogP contribution in [0.3, 0.4) is 0 Å². The predicted molar refractivity (Wildman–Crippen MR) is 57.2 cm³/mol. The predicted octanol–water partition coefficient (Wildman–Crippen LogP) is 3.53. The molecule has 0 bridgehead atoms. The van der Waals surface area contributed by atoms with Gasteiger partial charge in [-0.1, -0.05) is 26.8 Å². The van der Waals surface area contributed by atoms with Crippen LogP contribution in [0.2, 0.25) is 0 Å². The highest BCUT2D eigenvalue weighted by Gasteiger charge is 2.06. The summed E-state index contributed by atoms with van der Waals surface area (Å²) in [6.07, 6.45) is 3.59. The molecular formula is C11H14OS. The molecule has 0 aliphatic carbocycles. The molecule has 0 aliphatic rings. The first-order valence-corrected chi connectivity index (χ1v) is 5.19. The lowest BCUT2D eigenvalue weighted by Crippen LogP contribution is -2.01. The van der Waals surface area contributed by atoms with Gasteiger partial charge in [0.1, 0.15) is 0 Å². The summed E-state index contributed by atoms with van der Waals surface area (Å²) in [6.45, 7) is 6.22. The molecule has 0 fully saturated rings. The summed E-state index contributed by atoms with van der Waals surface area (Å²) in [7, 11) is 0. The summed E-state index contributed by atoms with van der Waals surface area (Å²) >= 11 is 1.55. The topological polar surface area (TPSA) is 17.1 Å².